The minimum absolute atomic E-state index is 0.416. The van der Waals surface area contributed by atoms with Gasteiger partial charge in [-0.1, -0.05) is 37.6 Å². The maximum absolute atomic E-state index is 12.5. The third-order valence-corrected chi connectivity index (χ3v) is 5.46. The van der Waals surface area contributed by atoms with Crippen LogP contribution in [0.15, 0.2) is 52.3 Å². The molecule has 2 aromatic rings. The Hall–Kier alpha value is -1.81. The molecule has 3 rings (SSSR count). The molecule has 20 heavy (non-hydrogen) atoms. The van der Waals surface area contributed by atoms with Gasteiger partial charge in [-0.05, 0) is 24.6 Å². The van der Waals surface area contributed by atoms with E-state index in [1.54, 1.807) is 24.3 Å². The lowest BCUT2D eigenvalue weighted by molar-refractivity contribution is 0.598. The fourth-order valence-corrected chi connectivity index (χ4v) is 4.31. The molecule has 0 bridgehead atoms. The van der Waals surface area contributed by atoms with Crippen LogP contribution < -0.4 is 5.32 Å². The average molecular weight is 287 g/mol. The largest absolute Gasteiger partial charge is 0.385 e. The summed E-state index contributed by atoms with van der Waals surface area (Å²) < 4.78 is 25.1. The SMILES string of the molecule is CCCCNc1cccc2c1-c1ccccc1S2(=O)=O. The number of benzene rings is 2. The van der Waals surface area contributed by atoms with E-state index in [0.29, 0.717) is 9.79 Å². The molecule has 1 aliphatic heterocycles. The summed E-state index contributed by atoms with van der Waals surface area (Å²) in [5.41, 5.74) is 2.53. The lowest BCUT2D eigenvalue weighted by Crippen LogP contribution is -2.03. The van der Waals surface area contributed by atoms with Crippen LogP contribution in [0.2, 0.25) is 0 Å². The molecule has 2 aromatic carbocycles. The van der Waals surface area contributed by atoms with Crippen molar-refractivity contribution in [3.05, 3.63) is 42.5 Å². The van der Waals surface area contributed by atoms with Gasteiger partial charge in [-0.15, -0.1) is 0 Å². The highest BCUT2D eigenvalue weighted by atomic mass is 32.2. The van der Waals surface area contributed by atoms with Crippen LogP contribution in [-0.2, 0) is 9.84 Å². The first-order chi connectivity index (χ1) is 9.66. The fraction of sp³-hybridized carbons (Fsp3) is 0.250. The number of sulfone groups is 1. The molecule has 1 heterocycles. The van der Waals surface area contributed by atoms with Crippen molar-refractivity contribution >= 4 is 15.5 Å². The van der Waals surface area contributed by atoms with Crippen molar-refractivity contribution in [2.45, 2.75) is 29.6 Å². The zero-order valence-corrected chi connectivity index (χ0v) is 12.2. The number of fused-ring (bicyclic) bond motifs is 3. The molecule has 0 unspecified atom stereocenters. The van der Waals surface area contributed by atoms with E-state index in [9.17, 15) is 8.42 Å². The van der Waals surface area contributed by atoms with E-state index >= 15 is 0 Å². The number of hydrogen-bond donors (Lipinski definition) is 1. The molecule has 1 aliphatic rings. The van der Waals surface area contributed by atoms with Gasteiger partial charge in [0, 0.05) is 23.4 Å². The van der Waals surface area contributed by atoms with Gasteiger partial charge in [0.25, 0.3) is 0 Å². The molecule has 0 spiro atoms. The second-order valence-electron chi connectivity index (χ2n) is 4.96. The van der Waals surface area contributed by atoms with Crippen LogP contribution >= 0.6 is 0 Å². The Bertz CT molecular complexity index is 751. The van der Waals surface area contributed by atoms with Gasteiger partial charge in [-0.3, -0.25) is 0 Å². The molecule has 0 amide bonds. The fourth-order valence-electron chi connectivity index (χ4n) is 2.61. The van der Waals surface area contributed by atoms with Crippen LogP contribution in [0.1, 0.15) is 19.8 Å². The van der Waals surface area contributed by atoms with Gasteiger partial charge in [0.1, 0.15) is 0 Å². The van der Waals surface area contributed by atoms with Crippen LogP contribution in [-0.4, -0.2) is 15.0 Å². The molecule has 0 atom stereocenters. The summed E-state index contributed by atoms with van der Waals surface area (Å²) in [4.78, 5) is 0.833. The number of unbranched alkanes of at least 4 members (excludes halogenated alkanes) is 1. The molecule has 0 aliphatic carbocycles. The Labute approximate surface area is 119 Å². The monoisotopic (exact) mass is 287 g/mol. The molecule has 0 saturated carbocycles. The standard InChI is InChI=1S/C16H17NO2S/c1-2-3-11-17-13-8-6-10-15-16(13)12-7-4-5-9-14(12)20(15,18)19/h4-10,17H,2-3,11H2,1H3. The van der Waals surface area contributed by atoms with Crippen molar-refractivity contribution in [2.75, 3.05) is 11.9 Å². The molecule has 1 N–H and O–H groups in total. The predicted molar refractivity (Wildman–Crippen MR) is 80.7 cm³/mol. The highest BCUT2D eigenvalue weighted by Gasteiger charge is 2.33. The zero-order valence-electron chi connectivity index (χ0n) is 11.4. The van der Waals surface area contributed by atoms with Crippen molar-refractivity contribution in [2.24, 2.45) is 0 Å². The van der Waals surface area contributed by atoms with Gasteiger partial charge < -0.3 is 5.32 Å². The highest BCUT2D eigenvalue weighted by molar-refractivity contribution is 7.92. The number of anilines is 1. The van der Waals surface area contributed by atoms with E-state index in [2.05, 4.69) is 12.2 Å². The first-order valence-corrected chi connectivity index (χ1v) is 8.36. The van der Waals surface area contributed by atoms with Crippen LogP contribution in [0, 0.1) is 0 Å². The third-order valence-electron chi connectivity index (χ3n) is 3.61. The van der Waals surface area contributed by atoms with Crippen LogP contribution in [0.4, 0.5) is 5.69 Å². The minimum atomic E-state index is -3.36. The van der Waals surface area contributed by atoms with E-state index in [4.69, 9.17) is 0 Å². The van der Waals surface area contributed by atoms with Gasteiger partial charge in [0.15, 0.2) is 0 Å². The summed E-state index contributed by atoms with van der Waals surface area (Å²) in [6.45, 7) is 2.99. The van der Waals surface area contributed by atoms with E-state index in [0.717, 1.165) is 36.2 Å². The molecular formula is C16H17NO2S. The van der Waals surface area contributed by atoms with Gasteiger partial charge in [0.2, 0.25) is 9.84 Å². The Morgan fingerprint density at radius 2 is 1.75 bits per heavy atom. The van der Waals surface area contributed by atoms with Crippen molar-refractivity contribution in [3.63, 3.8) is 0 Å². The van der Waals surface area contributed by atoms with Crippen LogP contribution in [0.3, 0.4) is 0 Å². The summed E-state index contributed by atoms with van der Waals surface area (Å²) >= 11 is 0. The van der Waals surface area contributed by atoms with Crippen molar-refractivity contribution < 1.29 is 8.42 Å². The first-order valence-electron chi connectivity index (χ1n) is 6.87. The van der Waals surface area contributed by atoms with E-state index in [1.807, 2.05) is 18.2 Å². The zero-order chi connectivity index (χ0) is 14.2. The smallest absolute Gasteiger partial charge is 0.207 e. The lowest BCUT2D eigenvalue weighted by Gasteiger charge is -2.10. The van der Waals surface area contributed by atoms with Crippen molar-refractivity contribution in [1.29, 1.82) is 0 Å². The first kappa shape index (κ1) is 13.2. The molecule has 0 radical (unpaired) electrons. The molecule has 0 fully saturated rings. The summed E-state index contributed by atoms with van der Waals surface area (Å²) in [5, 5.41) is 3.36. The Morgan fingerprint density at radius 1 is 1.00 bits per heavy atom. The third kappa shape index (κ3) is 1.91. The van der Waals surface area contributed by atoms with E-state index < -0.39 is 9.84 Å². The highest BCUT2D eigenvalue weighted by Crippen LogP contribution is 2.46. The molecule has 0 saturated heterocycles. The normalized spacial score (nSPS) is 14.7. The van der Waals surface area contributed by atoms with Crippen molar-refractivity contribution in [3.8, 4) is 11.1 Å². The van der Waals surface area contributed by atoms with Crippen molar-refractivity contribution in [1.82, 2.24) is 0 Å². The summed E-state index contributed by atoms with van der Waals surface area (Å²) in [6, 6.07) is 12.7. The second kappa shape index (κ2) is 4.94. The Balaban J connectivity index is 2.16. The number of hydrogen-bond acceptors (Lipinski definition) is 3. The predicted octanol–water partition coefficient (Wildman–Crippen LogP) is 3.71. The average Bonchev–Trinajstić information content (AvgIpc) is 2.70. The molecule has 4 heteroatoms. The lowest BCUT2D eigenvalue weighted by atomic mass is 10.0. The maximum Gasteiger partial charge on any atom is 0.207 e. The molecule has 104 valence electrons. The van der Waals surface area contributed by atoms with E-state index in [1.165, 1.54) is 0 Å². The number of rotatable bonds is 4. The maximum atomic E-state index is 12.5. The van der Waals surface area contributed by atoms with Gasteiger partial charge in [-0.25, -0.2) is 8.42 Å². The minimum Gasteiger partial charge on any atom is -0.385 e. The Kier molecular flexibility index (Phi) is 3.26. The number of nitrogens with one attached hydrogen (secondary N) is 1. The summed E-state index contributed by atoms with van der Waals surface area (Å²) in [6.07, 6.45) is 2.18. The van der Waals surface area contributed by atoms with Gasteiger partial charge in [-0.2, -0.15) is 0 Å². The quantitative estimate of drug-likeness (QED) is 0.744. The van der Waals surface area contributed by atoms with Gasteiger partial charge in [0.05, 0.1) is 9.79 Å². The summed E-state index contributed by atoms with van der Waals surface area (Å²) in [7, 11) is -3.36. The second-order valence-corrected chi connectivity index (χ2v) is 6.85. The molecule has 0 aromatic heterocycles. The topological polar surface area (TPSA) is 46.2 Å². The van der Waals surface area contributed by atoms with Gasteiger partial charge >= 0.3 is 0 Å². The molecule has 3 nitrogen and oxygen atoms in total. The van der Waals surface area contributed by atoms with Crippen LogP contribution in [0.25, 0.3) is 11.1 Å². The van der Waals surface area contributed by atoms with Crippen LogP contribution in [0.5, 0.6) is 0 Å². The molecular weight excluding hydrogens is 270 g/mol. The van der Waals surface area contributed by atoms with E-state index in [-0.39, 0.29) is 0 Å². The Morgan fingerprint density at radius 3 is 2.55 bits per heavy atom. The summed E-state index contributed by atoms with van der Waals surface area (Å²) in [5.74, 6) is 0.